The normalized spacial score (nSPS) is 27.1. The van der Waals surface area contributed by atoms with E-state index in [0.717, 1.165) is 19.5 Å². The van der Waals surface area contributed by atoms with E-state index in [0.29, 0.717) is 6.04 Å². The highest BCUT2D eigenvalue weighted by Crippen LogP contribution is 2.37. The summed E-state index contributed by atoms with van der Waals surface area (Å²) < 4.78 is 0. The third-order valence-electron chi connectivity index (χ3n) is 4.75. The van der Waals surface area contributed by atoms with E-state index in [1.54, 1.807) is 11.8 Å². The van der Waals surface area contributed by atoms with Crippen LogP contribution in [0.2, 0.25) is 0 Å². The van der Waals surface area contributed by atoms with Gasteiger partial charge < -0.3 is 10.6 Å². The van der Waals surface area contributed by atoms with Crippen LogP contribution in [0, 0.1) is 5.41 Å². The summed E-state index contributed by atoms with van der Waals surface area (Å²) in [4.78, 5) is 13.7. The highest BCUT2D eigenvalue weighted by molar-refractivity contribution is 8.01. The molecule has 0 saturated carbocycles. The minimum Gasteiger partial charge on any atom is -0.354 e. The average Bonchev–Trinajstić information content (AvgIpc) is 2.89. The number of carbonyl (C=O) groups is 1. The molecule has 114 valence electrons. The maximum atomic E-state index is 12.4. The number of carbonyl (C=O) groups excluding carboxylic acids is 1. The molecule has 4 heteroatoms. The minimum atomic E-state index is 0.0362. The van der Waals surface area contributed by atoms with E-state index in [4.69, 9.17) is 0 Å². The average molecular weight is 304 g/mol. The van der Waals surface area contributed by atoms with Crippen molar-refractivity contribution in [1.29, 1.82) is 0 Å². The Balaban J connectivity index is 1.54. The van der Waals surface area contributed by atoms with E-state index in [1.807, 2.05) is 12.1 Å². The summed E-state index contributed by atoms with van der Waals surface area (Å²) in [5.74, 6) is 0.180. The van der Waals surface area contributed by atoms with Crippen LogP contribution < -0.4 is 10.6 Å². The van der Waals surface area contributed by atoms with Crippen LogP contribution in [-0.2, 0) is 11.2 Å². The molecule has 2 atom stereocenters. The van der Waals surface area contributed by atoms with Crippen molar-refractivity contribution in [2.24, 2.45) is 5.41 Å². The molecule has 1 aromatic carbocycles. The van der Waals surface area contributed by atoms with Crippen molar-refractivity contribution in [1.82, 2.24) is 10.6 Å². The van der Waals surface area contributed by atoms with Gasteiger partial charge in [-0.1, -0.05) is 32.0 Å². The van der Waals surface area contributed by atoms with Crippen molar-refractivity contribution < 1.29 is 4.79 Å². The number of amides is 1. The van der Waals surface area contributed by atoms with Crippen molar-refractivity contribution in [3.05, 3.63) is 29.8 Å². The summed E-state index contributed by atoms with van der Waals surface area (Å²) in [6.07, 6.45) is 3.31. The lowest BCUT2D eigenvalue weighted by atomic mass is 9.77. The van der Waals surface area contributed by atoms with Gasteiger partial charge in [-0.2, -0.15) is 0 Å². The van der Waals surface area contributed by atoms with E-state index in [9.17, 15) is 4.79 Å². The molecule has 0 aliphatic carbocycles. The molecule has 0 aromatic heterocycles. The number of nitrogens with one attached hydrogen (secondary N) is 2. The number of rotatable bonds is 3. The Morgan fingerprint density at radius 3 is 3.00 bits per heavy atom. The third kappa shape index (κ3) is 3.27. The lowest BCUT2D eigenvalue weighted by Gasteiger charge is -2.39. The summed E-state index contributed by atoms with van der Waals surface area (Å²) in [6, 6.07) is 8.71. The Morgan fingerprint density at radius 1 is 1.43 bits per heavy atom. The first-order valence-electron chi connectivity index (χ1n) is 7.82. The predicted molar refractivity (Wildman–Crippen MR) is 87.6 cm³/mol. The highest BCUT2D eigenvalue weighted by Gasteiger charge is 2.33. The largest absolute Gasteiger partial charge is 0.354 e. The number of thioether (sulfide) groups is 1. The van der Waals surface area contributed by atoms with Gasteiger partial charge in [0.25, 0.3) is 0 Å². The van der Waals surface area contributed by atoms with Gasteiger partial charge in [-0.15, -0.1) is 11.8 Å². The number of hydrogen-bond acceptors (Lipinski definition) is 3. The number of piperidine rings is 1. The number of benzene rings is 1. The summed E-state index contributed by atoms with van der Waals surface area (Å²) >= 11 is 1.70. The quantitative estimate of drug-likeness (QED) is 0.902. The fourth-order valence-electron chi connectivity index (χ4n) is 3.26. The smallest absolute Gasteiger partial charge is 0.233 e. The van der Waals surface area contributed by atoms with Crippen LogP contribution in [0.4, 0.5) is 0 Å². The van der Waals surface area contributed by atoms with E-state index < -0.39 is 0 Å². The van der Waals surface area contributed by atoms with Crippen LogP contribution in [-0.4, -0.2) is 30.3 Å². The molecule has 3 nitrogen and oxygen atoms in total. The molecule has 2 aliphatic rings. The Labute approximate surface area is 131 Å². The minimum absolute atomic E-state index is 0.0362. The standard InChI is InChI=1S/C17H24N2OS/c1-17(2)8-5-9-18-15(17)11-19-16(20)14-10-12-6-3-4-7-13(12)21-14/h3-4,6-7,14-15,18H,5,8-11H2,1-2H3,(H,19,20). The van der Waals surface area contributed by atoms with E-state index >= 15 is 0 Å². The molecule has 2 N–H and O–H groups in total. The molecular weight excluding hydrogens is 280 g/mol. The first-order valence-corrected chi connectivity index (χ1v) is 8.70. The molecule has 2 unspecified atom stereocenters. The predicted octanol–water partition coefficient (Wildman–Crippen LogP) is 2.60. The van der Waals surface area contributed by atoms with E-state index in [1.165, 1.54) is 23.3 Å². The summed E-state index contributed by atoms with van der Waals surface area (Å²) in [7, 11) is 0. The monoisotopic (exact) mass is 304 g/mol. The van der Waals surface area contributed by atoms with Gasteiger partial charge in [0, 0.05) is 17.5 Å². The number of fused-ring (bicyclic) bond motifs is 1. The van der Waals surface area contributed by atoms with Crippen LogP contribution in [0.1, 0.15) is 32.3 Å². The Morgan fingerprint density at radius 2 is 2.24 bits per heavy atom. The molecule has 1 aromatic rings. The van der Waals surface area contributed by atoms with Gasteiger partial charge >= 0.3 is 0 Å². The third-order valence-corrected chi connectivity index (χ3v) is 6.07. The van der Waals surface area contributed by atoms with E-state index in [-0.39, 0.29) is 16.6 Å². The van der Waals surface area contributed by atoms with Crippen molar-refractivity contribution in [3.8, 4) is 0 Å². The zero-order valence-corrected chi connectivity index (χ0v) is 13.6. The topological polar surface area (TPSA) is 41.1 Å². The molecule has 0 radical (unpaired) electrons. The van der Waals surface area contributed by atoms with Crippen molar-refractivity contribution in [2.45, 2.75) is 49.3 Å². The molecule has 21 heavy (non-hydrogen) atoms. The first-order chi connectivity index (χ1) is 10.1. The van der Waals surface area contributed by atoms with Gasteiger partial charge in [0.2, 0.25) is 5.91 Å². The molecule has 1 amide bonds. The fraction of sp³-hybridized carbons (Fsp3) is 0.588. The maximum absolute atomic E-state index is 12.4. The van der Waals surface area contributed by atoms with Gasteiger partial charge in [0.05, 0.1) is 5.25 Å². The second-order valence-electron chi connectivity index (χ2n) is 6.76. The van der Waals surface area contributed by atoms with Crippen molar-refractivity contribution in [2.75, 3.05) is 13.1 Å². The van der Waals surface area contributed by atoms with Crippen LogP contribution in [0.25, 0.3) is 0 Å². The van der Waals surface area contributed by atoms with Crippen LogP contribution in [0.15, 0.2) is 29.2 Å². The molecule has 1 saturated heterocycles. The van der Waals surface area contributed by atoms with Gasteiger partial charge in [0.15, 0.2) is 0 Å². The van der Waals surface area contributed by atoms with Crippen LogP contribution >= 0.6 is 11.8 Å². The van der Waals surface area contributed by atoms with Crippen molar-refractivity contribution >= 4 is 17.7 Å². The molecular formula is C17H24N2OS. The van der Waals surface area contributed by atoms with Crippen LogP contribution in [0.5, 0.6) is 0 Å². The maximum Gasteiger partial charge on any atom is 0.233 e. The van der Waals surface area contributed by atoms with Gasteiger partial charge in [-0.3, -0.25) is 4.79 Å². The molecule has 0 spiro atoms. The molecule has 2 aliphatic heterocycles. The second kappa shape index (κ2) is 6.01. The van der Waals surface area contributed by atoms with Gasteiger partial charge in [-0.25, -0.2) is 0 Å². The lowest BCUT2D eigenvalue weighted by molar-refractivity contribution is -0.120. The molecule has 2 heterocycles. The van der Waals surface area contributed by atoms with Gasteiger partial charge in [0.1, 0.15) is 0 Å². The highest BCUT2D eigenvalue weighted by atomic mass is 32.2. The number of hydrogen-bond donors (Lipinski definition) is 2. The summed E-state index contributed by atoms with van der Waals surface area (Å²) in [6.45, 7) is 6.37. The summed E-state index contributed by atoms with van der Waals surface area (Å²) in [5, 5.41) is 6.75. The Bertz CT molecular complexity index is 504. The molecule has 0 bridgehead atoms. The van der Waals surface area contributed by atoms with Crippen molar-refractivity contribution in [3.63, 3.8) is 0 Å². The lowest BCUT2D eigenvalue weighted by Crippen LogP contribution is -2.53. The summed E-state index contributed by atoms with van der Waals surface area (Å²) in [5.41, 5.74) is 1.57. The first kappa shape index (κ1) is 14.9. The molecule has 1 fully saturated rings. The zero-order chi connectivity index (χ0) is 14.9. The molecule has 3 rings (SSSR count). The second-order valence-corrected chi connectivity index (χ2v) is 8.01. The van der Waals surface area contributed by atoms with Crippen LogP contribution in [0.3, 0.4) is 0 Å². The fourth-order valence-corrected chi connectivity index (χ4v) is 4.48. The zero-order valence-electron chi connectivity index (χ0n) is 12.8. The Hall–Kier alpha value is -1.00. The Kier molecular flexibility index (Phi) is 4.27. The van der Waals surface area contributed by atoms with Gasteiger partial charge in [-0.05, 0) is 42.9 Å². The van der Waals surface area contributed by atoms with E-state index in [2.05, 4.69) is 36.6 Å². The SMILES string of the molecule is CC1(C)CCCNC1CNC(=O)C1Cc2ccccc2S1.